The van der Waals surface area contributed by atoms with E-state index < -0.39 is 0 Å². The number of piperazine rings is 1. The van der Waals surface area contributed by atoms with Gasteiger partial charge in [-0.25, -0.2) is 4.98 Å². The first kappa shape index (κ1) is 17.1. The van der Waals surface area contributed by atoms with Crippen LogP contribution in [0.15, 0.2) is 29.6 Å². The third kappa shape index (κ3) is 4.41. The SMILES string of the molecule is CC(C)c1nc(CN2CCN(Cc3ccc(C#N)cc3)CC2)cs1. The summed E-state index contributed by atoms with van der Waals surface area (Å²) in [7, 11) is 0. The van der Waals surface area contributed by atoms with Crippen LogP contribution in [0.1, 0.15) is 41.6 Å². The summed E-state index contributed by atoms with van der Waals surface area (Å²) in [6.07, 6.45) is 0. The molecule has 1 aliphatic rings. The van der Waals surface area contributed by atoms with E-state index >= 15 is 0 Å². The van der Waals surface area contributed by atoms with E-state index in [0.717, 1.165) is 44.8 Å². The topological polar surface area (TPSA) is 43.2 Å². The van der Waals surface area contributed by atoms with Crippen LogP contribution in [0.5, 0.6) is 0 Å². The van der Waals surface area contributed by atoms with Gasteiger partial charge >= 0.3 is 0 Å². The van der Waals surface area contributed by atoms with Crippen LogP contribution >= 0.6 is 11.3 Å². The van der Waals surface area contributed by atoms with E-state index in [1.807, 2.05) is 12.1 Å². The van der Waals surface area contributed by atoms with Crippen molar-refractivity contribution in [2.75, 3.05) is 26.2 Å². The molecule has 0 amide bonds. The number of benzene rings is 1. The molecule has 0 atom stereocenters. The van der Waals surface area contributed by atoms with Crippen molar-refractivity contribution in [3.8, 4) is 6.07 Å². The molecule has 0 saturated carbocycles. The quantitative estimate of drug-likeness (QED) is 0.836. The van der Waals surface area contributed by atoms with Gasteiger partial charge in [0.05, 0.1) is 22.3 Å². The Kier molecular flexibility index (Phi) is 5.62. The first-order chi connectivity index (χ1) is 11.6. The Balaban J connectivity index is 1.47. The Labute approximate surface area is 148 Å². The van der Waals surface area contributed by atoms with Crippen LogP contribution in [-0.4, -0.2) is 41.0 Å². The Morgan fingerprint density at radius 1 is 1.08 bits per heavy atom. The summed E-state index contributed by atoms with van der Waals surface area (Å²) in [5.41, 5.74) is 3.22. The number of nitrogens with zero attached hydrogens (tertiary/aromatic N) is 4. The highest BCUT2D eigenvalue weighted by molar-refractivity contribution is 7.09. The second-order valence-corrected chi connectivity index (χ2v) is 7.58. The van der Waals surface area contributed by atoms with E-state index in [0.29, 0.717) is 5.92 Å². The molecular formula is C19H24N4S. The third-order valence-electron chi connectivity index (χ3n) is 4.40. The second kappa shape index (κ2) is 7.89. The zero-order valence-electron chi connectivity index (χ0n) is 14.4. The maximum absolute atomic E-state index is 8.86. The van der Waals surface area contributed by atoms with Crippen LogP contribution in [0.4, 0.5) is 0 Å². The van der Waals surface area contributed by atoms with Crippen LogP contribution in [0.25, 0.3) is 0 Å². The van der Waals surface area contributed by atoms with E-state index in [1.165, 1.54) is 16.3 Å². The number of hydrogen-bond donors (Lipinski definition) is 0. The van der Waals surface area contributed by atoms with Crippen molar-refractivity contribution < 1.29 is 0 Å². The predicted octanol–water partition coefficient (Wildman–Crippen LogP) is 3.46. The van der Waals surface area contributed by atoms with E-state index in [4.69, 9.17) is 10.2 Å². The van der Waals surface area contributed by atoms with Crippen LogP contribution in [0, 0.1) is 11.3 Å². The molecule has 0 spiro atoms. The molecule has 1 fully saturated rings. The maximum Gasteiger partial charge on any atom is 0.0991 e. The summed E-state index contributed by atoms with van der Waals surface area (Å²) >= 11 is 1.78. The first-order valence-corrected chi connectivity index (χ1v) is 9.40. The molecule has 5 heteroatoms. The average Bonchev–Trinajstić information content (AvgIpc) is 3.06. The van der Waals surface area contributed by atoms with Crippen LogP contribution in [0.2, 0.25) is 0 Å². The highest BCUT2D eigenvalue weighted by Crippen LogP contribution is 2.20. The summed E-state index contributed by atoms with van der Waals surface area (Å²) in [5, 5.41) is 12.3. The minimum atomic E-state index is 0.521. The third-order valence-corrected chi connectivity index (χ3v) is 5.60. The van der Waals surface area contributed by atoms with Gasteiger partial charge in [0, 0.05) is 50.6 Å². The summed E-state index contributed by atoms with van der Waals surface area (Å²) < 4.78 is 0. The molecule has 1 aromatic carbocycles. The smallest absolute Gasteiger partial charge is 0.0991 e. The van der Waals surface area contributed by atoms with Gasteiger partial charge in [-0.15, -0.1) is 11.3 Å². The second-order valence-electron chi connectivity index (χ2n) is 6.69. The van der Waals surface area contributed by atoms with Gasteiger partial charge in [-0.2, -0.15) is 5.26 Å². The van der Waals surface area contributed by atoms with Crippen molar-refractivity contribution in [2.24, 2.45) is 0 Å². The minimum absolute atomic E-state index is 0.521. The Bertz CT molecular complexity index is 691. The Hall–Kier alpha value is -1.74. The first-order valence-electron chi connectivity index (χ1n) is 8.52. The summed E-state index contributed by atoms with van der Waals surface area (Å²) in [6.45, 7) is 10.7. The lowest BCUT2D eigenvalue weighted by molar-refractivity contribution is 0.121. The fourth-order valence-corrected chi connectivity index (χ4v) is 3.76. The van der Waals surface area contributed by atoms with Gasteiger partial charge in [0.1, 0.15) is 0 Å². The standard InChI is InChI=1S/C19H24N4S/c1-15(2)19-21-18(14-24-19)13-23-9-7-22(8-10-23)12-17-5-3-16(11-20)4-6-17/h3-6,14-15H,7-10,12-13H2,1-2H3. The van der Waals surface area contributed by atoms with Gasteiger partial charge in [-0.05, 0) is 17.7 Å². The van der Waals surface area contributed by atoms with Gasteiger partial charge < -0.3 is 0 Å². The molecule has 1 aromatic heterocycles. The zero-order valence-corrected chi connectivity index (χ0v) is 15.2. The number of nitriles is 1. The van der Waals surface area contributed by atoms with Gasteiger partial charge in [-0.3, -0.25) is 9.80 Å². The van der Waals surface area contributed by atoms with Crippen molar-refractivity contribution in [1.82, 2.24) is 14.8 Å². The molecule has 0 unspecified atom stereocenters. The van der Waals surface area contributed by atoms with Crippen molar-refractivity contribution in [3.05, 3.63) is 51.5 Å². The van der Waals surface area contributed by atoms with Crippen molar-refractivity contribution in [3.63, 3.8) is 0 Å². The van der Waals surface area contributed by atoms with Crippen LogP contribution in [0.3, 0.4) is 0 Å². The van der Waals surface area contributed by atoms with Gasteiger partial charge in [0.15, 0.2) is 0 Å². The molecule has 0 radical (unpaired) electrons. The van der Waals surface area contributed by atoms with Crippen molar-refractivity contribution >= 4 is 11.3 Å². The van der Waals surface area contributed by atoms with Gasteiger partial charge in [0.25, 0.3) is 0 Å². The monoisotopic (exact) mass is 340 g/mol. The number of aromatic nitrogens is 1. The number of thiazole rings is 1. The van der Waals surface area contributed by atoms with E-state index in [-0.39, 0.29) is 0 Å². The molecular weight excluding hydrogens is 316 g/mol. The summed E-state index contributed by atoms with van der Waals surface area (Å²) in [4.78, 5) is 9.72. The molecule has 1 saturated heterocycles. The van der Waals surface area contributed by atoms with Crippen molar-refractivity contribution in [2.45, 2.75) is 32.9 Å². The molecule has 1 aliphatic heterocycles. The molecule has 2 aromatic rings. The average molecular weight is 340 g/mol. The maximum atomic E-state index is 8.86. The van der Waals surface area contributed by atoms with Gasteiger partial charge in [-0.1, -0.05) is 26.0 Å². The fraction of sp³-hybridized carbons (Fsp3) is 0.474. The number of rotatable bonds is 5. The van der Waals surface area contributed by atoms with E-state index in [2.05, 4.69) is 47.2 Å². The van der Waals surface area contributed by atoms with Crippen LogP contribution < -0.4 is 0 Å². The minimum Gasteiger partial charge on any atom is -0.297 e. The fourth-order valence-electron chi connectivity index (χ4n) is 2.94. The van der Waals surface area contributed by atoms with Crippen molar-refractivity contribution in [1.29, 1.82) is 5.26 Å². The summed E-state index contributed by atoms with van der Waals surface area (Å²) in [5.74, 6) is 0.521. The molecule has 0 N–H and O–H groups in total. The zero-order chi connectivity index (χ0) is 16.9. The molecule has 4 nitrogen and oxygen atoms in total. The highest BCUT2D eigenvalue weighted by Gasteiger charge is 2.18. The van der Waals surface area contributed by atoms with E-state index in [9.17, 15) is 0 Å². The lowest BCUT2D eigenvalue weighted by atomic mass is 10.1. The normalized spacial score (nSPS) is 16.4. The summed E-state index contributed by atoms with van der Waals surface area (Å²) in [6, 6.07) is 10.1. The Morgan fingerprint density at radius 3 is 2.25 bits per heavy atom. The molecule has 24 heavy (non-hydrogen) atoms. The molecule has 3 rings (SSSR count). The number of hydrogen-bond acceptors (Lipinski definition) is 5. The van der Waals surface area contributed by atoms with Crippen LogP contribution in [-0.2, 0) is 13.1 Å². The predicted molar refractivity (Wildman–Crippen MR) is 97.9 cm³/mol. The molecule has 0 aliphatic carbocycles. The lowest BCUT2D eigenvalue weighted by Gasteiger charge is -2.34. The molecule has 2 heterocycles. The van der Waals surface area contributed by atoms with E-state index in [1.54, 1.807) is 11.3 Å². The lowest BCUT2D eigenvalue weighted by Crippen LogP contribution is -2.45. The molecule has 126 valence electrons. The Morgan fingerprint density at radius 2 is 1.71 bits per heavy atom. The highest BCUT2D eigenvalue weighted by atomic mass is 32.1. The van der Waals surface area contributed by atoms with Gasteiger partial charge in [0.2, 0.25) is 0 Å². The largest absolute Gasteiger partial charge is 0.297 e. The molecule has 0 bridgehead atoms.